The summed E-state index contributed by atoms with van der Waals surface area (Å²) >= 11 is 0. The molecule has 0 aliphatic rings. The Morgan fingerprint density at radius 1 is 1.53 bits per heavy atom. The zero-order valence-corrected chi connectivity index (χ0v) is 9.77. The van der Waals surface area contributed by atoms with E-state index in [1.165, 1.54) is 5.56 Å². The van der Waals surface area contributed by atoms with Gasteiger partial charge in [0, 0.05) is 39.1 Å². The summed E-state index contributed by atoms with van der Waals surface area (Å²) < 4.78 is 2.02. The number of rotatable bonds is 6. The van der Waals surface area contributed by atoms with Crippen molar-refractivity contribution in [2.24, 2.45) is 7.05 Å². The van der Waals surface area contributed by atoms with Crippen molar-refractivity contribution in [3.05, 3.63) is 24.0 Å². The fraction of sp³-hybridized carbons (Fsp3) is 0.636. The molecule has 0 bridgehead atoms. The van der Waals surface area contributed by atoms with E-state index in [0.717, 1.165) is 6.54 Å². The Morgan fingerprint density at radius 2 is 2.27 bits per heavy atom. The van der Waals surface area contributed by atoms with Crippen LogP contribution in [0.15, 0.2) is 18.5 Å². The summed E-state index contributed by atoms with van der Waals surface area (Å²) in [5.41, 5.74) is 1.24. The molecule has 0 amide bonds. The van der Waals surface area contributed by atoms with E-state index < -0.39 is 0 Å². The molecule has 4 nitrogen and oxygen atoms in total. The zero-order valence-electron chi connectivity index (χ0n) is 9.77. The van der Waals surface area contributed by atoms with Crippen molar-refractivity contribution in [2.45, 2.75) is 12.6 Å². The third-order valence-electron chi connectivity index (χ3n) is 2.18. The minimum atomic E-state index is -0.302. The van der Waals surface area contributed by atoms with Crippen LogP contribution in [0.1, 0.15) is 5.56 Å². The number of nitrogens with zero attached hydrogens (tertiary/aromatic N) is 2. The Hall–Kier alpha value is -0.840. The summed E-state index contributed by atoms with van der Waals surface area (Å²) in [6.45, 7) is 2.14. The first-order chi connectivity index (χ1) is 7.08. The van der Waals surface area contributed by atoms with Crippen LogP contribution in [0.5, 0.6) is 0 Å². The molecule has 4 heteroatoms. The van der Waals surface area contributed by atoms with Crippen LogP contribution >= 0.6 is 0 Å². The van der Waals surface area contributed by atoms with E-state index >= 15 is 0 Å². The van der Waals surface area contributed by atoms with E-state index in [0.29, 0.717) is 13.1 Å². The van der Waals surface area contributed by atoms with Gasteiger partial charge in [-0.15, -0.1) is 0 Å². The maximum atomic E-state index is 9.59. The van der Waals surface area contributed by atoms with Gasteiger partial charge in [-0.25, -0.2) is 0 Å². The third-order valence-corrected chi connectivity index (χ3v) is 2.18. The third kappa shape index (κ3) is 4.97. The van der Waals surface area contributed by atoms with E-state index in [2.05, 4.69) is 17.6 Å². The van der Waals surface area contributed by atoms with Crippen molar-refractivity contribution in [3.63, 3.8) is 0 Å². The first-order valence-electron chi connectivity index (χ1n) is 5.22. The molecular weight excluding hydrogens is 190 g/mol. The molecule has 86 valence electrons. The molecule has 1 heterocycles. The Kier molecular flexibility index (Phi) is 4.81. The van der Waals surface area contributed by atoms with E-state index in [4.69, 9.17) is 0 Å². The normalized spacial score (nSPS) is 13.4. The number of hydrogen-bond acceptors (Lipinski definition) is 3. The van der Waals surface area contributed by atoms with Crippen molar-refractivity contribution in [1.29, 1.82) is 0 Å². The molecule has 0 radical (unpaired) electrons. The van der Waals surface area contributed by atoms with Crippen molar-refractivity contribution in [3.8, 4) is 0 Å². The number of aryl methyl sites for hydroxylation is 1. The van der Waals surface area contributed by atoms with Crippen molar-refractivity contribution < 1.29 is 5.11 Å². The highest BCUT2D eigenvalue weighted by Crippen LogP contribution is 1.98. The van der Waals surface area contributed by atoms with Gasteiger partial charge in [0.15, 0.2) is 0 Å². The second-order valence-electron chi connectivity index (χ2n) is 4.23. The largest absolute Gasteiger partial charge is 0.390 e. The highest BCUT2D eigenvalue weighted by atomic mass is 16.3. The summed E-state index contributed by atoms with van der Waals surface area (Å²) in [5, 5.41) is 12.8. The highest BCUT2D eigenvalue weighted by Gasteiger charge is 2.04. The monoisotopic (exact) mass is 211 g/mol. The molecule has 2 N–H and O–H groups in total. The van der Waals surface area contributed by atoms with Gasteiger partial charge in [0.25, 0.3) is 0 Å². The molecule has 0 aromatic carbocycles. The molecule has 0 saturated heterocycles. The fourth-order valence-corrected chi connectivity index (χ4v) is 1.53. The molecule has 0 aliphatic heterocycles. The minimum absolute atomic E-state index is 0.302. The van der Waals surface area contributed by atoms with Gasteiger partial charge in [0.1, 0.15) is 0 Å². The average Bonchev–Trinajstić information content (AvgIpc) is 2.50. The molecule has 0 spiro atoms. The highest BCUT2D eigenvalue weighted by molar-refractivity contribution is 5.09. The first kappa shape index (κ1) is 12.2. The topological polar surface area (TPSA) is 40.4 Å². The van der Waals surface area contributed by atoms with Crippen molar-refractivity contribution in [2.75, 3.05) is 27.2 Å². The lowest BCUT2D eigenvalue weighted by Crippen LogP contribution is -2.34. The van der Waals surface area contributed by atoms with Crippen LogP contribution in [-0.2, 0) is 13.6 Å². The van der Waals surface area contributed by atoms with Crippen molar-refractivity contribution >= 4 is 0 Å². The second kappa shape index (κ2) is 5.90. The van der Waals surface area contributed by atoms with E-state index in [-0.39, 0.29) is 6.10 Å². The molecule has 1 atom stereocenters. The SMILES string of the molecule is CN(C)CC(O)CNCc1ccn(C)c1. The molecule has 0 fully saturated rings. The predicted molar refractivity (Wildman–Crippen MR) is 61.7 cm³/mol. The van der Waals surface area contributed by atoms with Gasteiger partial charge in [-0.1, -0.05) is 0 Å². The number of likely N-dealkylation sites (N-methyl/N-ethyl adjacent to an activating group) is 1. The average molecular weight is 211 g/mol. The summed E-state index contributed by atoms with van der Waals surface area (Å²) in [4.78, 5) is 1.98. The molecule has 1 aromatic heterocycles. The molecule has 15 heavy (non-hydrogen) atoms. The van der Waals surface area contributed by atoms with E-state index in [9.17, 15) is 5.11 Å². The van der Waals surface area contributed by atoms with Crippen LogP contribution in [0.4, 0.5) is 0 Å². The maximum Gasteiger partial charge on any atom is 0.0791 e. The smallest absolute Gasteiger partial charge is 0.0791 e. The Labute approximate surface area is 91.5 Å². The molecule has 1 rings (SSSR count). The lowest BCUT2D eigenvalue weighted by atomic mass is 10.3. The maximum absolute atomic E-state index is 9.59. The lowest BCUT2D eigenvalue weighted by Gasteiger charge is -2.16. The van der Waals surface area contributed by atoms with Gasteiger partial charge in [0.05, 0.1) is 6.10 Å². The summed E-state index contributed by atoms with van der Waals surface area (Å²) in [7, 11) is 5.92. The number of aliphatic hydroxyl groups excluding tert-OH is 1. The Balaban J connectivity index is 2.16. The second-order valence-corrected chi connectivity index (χ2v) is 4.23. The lowest BCUT2D eigenvalue weighted by molar-refractivity contribution is 0.134. The molecule has 1 aromatic rings. The van der Waals surface area contributed by atoms with Crippen LogP contribution < -0.4 is 5.32 Å². The van der Waals surface area contributed by atoms with Crippen LogP contribution in [0.3, 0.4) is 0 Å². The molecular formula is C11H21N3O. The van der Waals surface area contributed by atoms with Gasteiger partial charge in [-0.3, -0.25) is 0 Å². The number of aromatic nitrogens is 1. The van der Waals surface area contributed by atoms with Crippen LogP contribution in [-0.4, -0.2) is 47.9 Å². The molecule has 0 saturated carbocycles. The van der Waals surface area contributed by atoms with Gasteiger partial charge in [-0.2, -0.15) is 0 Å². The summed E-state index contributed by atoms with van der Waals surface area (Å²) in [6.07, 6.45) is 3.79. The Bertz CT molecular complexity index is 283. The molecule has 1 unspecified atom stereocenters. The van der Waals surface area contributed by atoms with Gasteiger partial charge in [-0.05, 0) is 25.7 Å². The standard InChI is InChI=1S/C11H21N3O/c1-13(2)9-11(15)7-12-6-10-4-5-14(3)8-10/h4-5,8,11-12,15H,6-7,9H2,1-3H3. The predicted octanol–water partition coefficient (Wildman–Crippen LogP) is 0.0372. The van der Waals surface area contributed by atoms with Crippen molar-refractivity contribution in [1.82, 2.24) is 14.8 Å². The number of hydrogen-bond donors (Lipinski definition) is 2. The number of aliphatic hydroxyl groups is 1. The number of nitrogens with one attached hydrogen (secondary N) is 1. The van der Waals surface area contributed by atoms with Gasteiger partial charge >= 0.3 is 0 Å². The zero-order chi connectivity index (χ0) is 11.3. The summed E-state index contributed by atoms with van der Waals surface area (Å²) in [5.74, 6) is 0. The van der Waals surface area contributed by atoms with E-state index in [1.54, 1.807) is 0 Å². The Morgan fingerprint density at radius 3 is 2.80 bits per heavy atom. The molecule has 0 aliphatic carbocycles. The minimum Gasteiger partial charge on any atom is -0.390 e. The first-order valence-corrected chi connectivity index (χ1v) is 5.22. The summed E-state index contributed by atoms with van der Waals surface area (Å²) in [6, 6.07) is 2.07. The van der Waals surface area contributed by atoms with Gasteiger partial charge < -0.3 is 19.9 Å². The van der Waals surface area contributed by atoms with Crippen LogP contribution in [0, 0.1) is 0 Å². The van der Waals surface area contributed by atoms with Crippen LogP contribution in [0.25, 0.3) is 0 Å². The fourth-order valence-electron chi connectivity index (χ4n) is 1.53. The van der Waals surface area contributed by atoms with E-state index in [1.807, 2.05) is 36.8 Å². The van der Waals surface area contributed by atoms with Crippen LogP contribution in [0.2, 0.25) is 0 Å². The van der Waals surface area contributed by atoms with Gasteiger partial charge in [0.2, 0.25) is 0 Å². The quantitative estimate of drug-likeness (QED) is 0.698.